The minimum Gasteiger partial charge on any atom is -0.485 e. The fourth-order valence-electron chi connectivity index (χ4n) is 2.57. The highest BCUT2D eigenvalue weighted by molar-refractivity contribution is 6.30. The van der Waals surface area contributed by atoms with Crippen molar-refractivity contribution in [3.05, 3.63) is 64.2 Å². The summed E-state index contributed by atoms with van der Waals surface area (Å²) in [5.74, 6) is 1.03. The van der Waals surface area contributed by atoms with Gasteiger partial charge < -0.3 is 4.74 Å². The molecule has 2 heteroatoms. The monoisotopic (exact) mass is 272 g/mol. The van der Waals surface area contributed by atoms with Gasteiger partial charge in [-0.25, -0.2) is 0 Å². The molecule has 0 aliphatic carbocycles. The molecule has 0 saturated heterocycles. The summed E-state index contributed by atoms with van der Waals surface area (Å²) in [6.07, 6.45) is 3.34. The normalized spacial score (nSPS) is 17.7. The lowest BCUT2D eigenvalue weighted by atomic mass is 9.96. The van der Waals surface area contributed by atoms with Gasteiger partial charge in [0.05, 0.1) is 0 Å². The number of hydrogen-bond acceptors (Lipinski definition) is 1. The molecule has 1 heterocycles. The number of ether oxygens (including phenoxy) is 1. The number of halogens is 1. The maximum atomic E-state index is 6.11. The number of benzene rings is 2. The minimum atomic E-state index is 0.150. The highest BCUT2D eigenvalue weighted by Crippen LogP contribution is 2.35. The average molecular weight is 273 g/mol. The van der Waals surface area contributed by atoms with E-state index in [4.69, 9.17) is 16.3 Å². The highest BCUT2D eigenvalue weighted by atomic mass is 35.5. The van der Waals surface area contributed by atoms with Crippen molar-refractivity contribution < 1.29 is 4.74 Å². The van der Waals surface area contributed by atoms with E-state index in [1.165, 1.54) is 16.7 Å². The van der Waals surface area contributed by atoms with Crippen molar-refractivity contribution in [2.24, 2.45) is 0 Å². The van der Waals surface area contributed by atoms with Crippen LogP contribution in [0.4, 0.5) is 0 Å². The number of aryl methyl sites for hydroxylation is 2. The van der Waals surface area contributed by atoms with Gasteiger partial charge in [-0.2, -0.15) is 0 Å². The van der Waals surface area contributed by atoms with Gasteiger partial charge in [-0.05, 0) is 54.2 Å². The van der Waals surface area contributed by atoms with Crippen LogP contribution in [0.3, 0.4) is 0 Å². The molecule has 2 aromatic carbocycles. The fraction of sp³-hybridized carbons (Fsp3) is 0.294. The van der Waals surface area contributed by atoms with Crippen LogP contribution < -0.4 is 4.74 Å². The van der Waals surface area contributed by atoms with Gasteiger partial charge in [0, 0.05) is 5.02 Å². The zero-order valence-corrected chi connectivity index (χ0v) is 11.8. The van der Waals surface area contributed by atoms with E-state index in [0.717, 1.165) is 30.0 Å². The first-order chi connectivity index (χ1) is 9.26. The predicted octanol–water partition coefficient (Wildman–Crippen LogP) is 4.97. The van der Waals surface area contributed by atoms with E-state index >= 15 is 0 Å². The number of fused-ring (bicyclic) bond motifs is 1. The molecule has 0 bridgehead atoms. The van der Waals surface area contributed by atoms with Crippen molar-refractivity contribution in [1.82, 2.24) is 0 Å². The highest BCUT2D eigenvalue weighted by Gasteiger charge is 2.21. The molecule has 1 atom stereocenters. The van der Waals surface area contributed by atoms with Gasteiger partial charge in [0.15, 0.2) is 0 Å². The topological polar surface area (TPSA) is 9.23 Å². The summed E-state index contributed by atoms with van der Waals surface area (Å²) in [4.78, 5) is 0. The first kappa shape index (κ1) is 12.6. The lowest BCUT2D eigenvalue weighted by Gasteiger charge is -2.27. The van der Waals surface area contributed by atoms with Gasteiger partial charge in [0.1, 0.15) is 11.9 Å². The van der Waals surface area contributed by atoms with Crippen LogP contribution in [-0.4, -0.2) is 0 Å². The van der Waals surface area contributed by atoms with Gasteiger partial charge in [-0.15, -0.1) is 0 Å². The van der Waals surface area contributed by atoms with E-state index in [9.17, 15) is 0 Å². The Hall–Kier alpha value is -1.47. The Morgan fingerprint density at radius 1 is 1.16 bits per heavy atom. The molecule has 19 heavy (non-hydrogen) atoms. The summed E-state index contributed by atoms with van der Waals surface area (Å²) < 4.78 is 6.11. The molecule has 1 aliphatic heterocycles. The smallest absolute Gasteiger partial charge is 0.124 e. The molecule has 3 rings (SSSR count). The molecular weight excluding hydrogens is 256 g/mol. The van der Waals surface area contributed by atoms with Crippen molar-refractivity contribution in [3.63, 3.8) is 0 Å². The predicted molar refractivity (Wildman–Crippen MR) is 79.0 cm³/mol. The lowest BCUT2D eigenvalue weighted by Crippen LogP contribution is -2.15. The zero-order chi connectivity index (χ0) is 13.2. The summed E-state index contributed by atoms with van der Waals surface area (Å²) in [6.45, 7) is 2.18. The summed E-state index contributed by atoms with van der Waals surface area (Å²) in [5, 5.41) is 0.771. The van der Waals surface area contributed by atoms with Crippen LogP contribution in [-0.2, 0) is 12.8 Å². The molecule has 1 unspecified atom stereocenters. The van der Waals surface area contributed by atoms with Crippen LogP contribution in [0.2, 0.25) is 5.02 Å². The Morgan fingerprint density at radius 2 is 1.95 bits per heavy atom. The van der Waals surface area contributed by atoms with Gasteiger partial charge >= 0.3 is 0 Å². The van der Waals surface area contributed by atoms with E-state index in [1.54, 1.807) is 0 Å². The number of hydrogen-bond donors (Lipinski definition) is 0. The Labute approximate surface area is 119 Å². The van der Waals surface area contributed by atoms with Crippen LogP contribution in [0.25, 0.3) is 0 Å². The Bertz CT molecular complexity index is 574. The van der Waals surface area contributed by atoms with Crippen molar-refractivity contribution in [2.75, 3.05) is 0 Å². The molecule has 0 saturated carbocycles. The van der Waals surface area contributed by atoms with Crippen LogP contribution in [0.1, 0.15) is 36.1 Å². The van der Waals surface area contributed by atoms with Crippen molar-refractivity contribution >= 4 is 11.6 Å². The second-order valence-corrected chi connectivity index (χ2v) is 5.43. The molecule has 98 valence electrons. The standard InChI is InChI=1S/C17H17ClO/c1-2-12-3-9-17-14(11-12)6-10-16(19-17)13-4-7-15(18)8-5-13/h3-5,7-9,11,16H,2,6,10H2,1H3. The second-order valence-electron chi connectivity index (χ2n) is 4.99. The molecule has 2 aromatic rings. The Morgan fingerprint density at radius 3 is 2.68 bits per heavy atom. The third-order valence-electron chi connectivity index (χ3n) is 3.72. The SMILES string of the molecule is CCc1ccc2c(c1)CCC(c1ccc(Cl)cc1)O2. The van der Waals surface area contributed by atoms with Gasteiger partial charge in [-0.1, -0.05) is 42.8 Å². The second kappa shape index (κ2) is 5.26. The van der Waals surface area contributed by atoms with E-state index < -0.39 is 0 Å². The fourth-order valence-corrected chi connectivity index (χ4v) is 2.70. The van der Waals surface area contributed by atoms with Crippen LogP contribution >= 0.6 is 11.6 Å². The third kappa shape index (κ3) is 2.62. The molecule has 0 N–H and O–H groups in total. The average Bonchev–Trinajstić information content (AvgIpc) is 2.47. The third-order valence-corrected chi connectivity index (χ3v) is 3.97. The first-order valence-electron chi connectivity index (χ1n) is 6.80. The minimum absolute atomic E-state index is 0.150. The maximum absolute atomic E-state index is 6.11. The Kier molecular flexibility index (Phi) is 3.48. The summed E-state index contributed by atoms with van der Waals surface area (Å²) in [6, 6.07) is 14.5. The van der Waals surface area contributed by atoms with Crippen LogP contribution in [0.15, 0.2) is 42.5 Å². The van der Waals surface area contributed by atoms with Gasteiger partial charge in [0.25, 0.3) is 0 Å². The largest absolute Gasteiger partial charge is 0.485 e. The van der Waals surface area contributed by atoms with Crippen molar-refractivity contribution in [1.29, 1.82) is 0 Å². The van der Waals surface area contributed by atoms with E-state index in [2.05, 4.69) is 37.3 Å². The number of rotatable bonds is 2. The molecular formula is C17H17ClO. The quantitative estimate of drug-likeness (QED) is 0.750. The van der Waals surface area contributed by atoms with Gasteiger partial charge in [-0.3, -0.25) is 0 Å². The molecule has 0 amide bonds. The Balaban J connectivity index is 1.84. The lowest BCUT2D eigenvalue weighted by molar-refractivity contribution is 0.176. The van der Waals surface area contributed by atoms with Crippen LogP contribution in [0, 0.1) is 0 Å². The van der Waals surface area contributed by atoms with E-state index in [-0.39, 0.29) is 6.10 Å². The van der Waals surface area contributed by atoms with E-state index in [0.29, 0.717) is 0 Å². The zero-order valence-electron chi connectivity index (χ0n) is 11.0. The molecule has 1 aliphatic rings. The van der Waals surface area contributed by atoms with Crippen molar-refractivity contribution in [2.45, 2.75) is 32.3 Å². The maximum Gasteiger partial charge on any atom is 0.124 e. The van der Waals surface area contributed by atoms with E-state index in [1.807, 2.05) is 12.1 Å². The summed E-state index contributed by atoms with van der Waals surface area (Å²) in [7, 11) is 0. The van der Waals surface area contributed by atoms with Gasteiger partial charge in [0.2, 0.25) is 0 Å². The van der Waals surface area contributed by atoms with Crippen LogP contribution in [0.5, 0.6) is 5.75 Å². The first-order valence-corrected chi connectivity index (χ1v) is 7.18. The summed E-state index contributed by atoms with van der Waals surface area (Å²) >= 11 is 5.92. The summed E-state index contributed by atoms with van der Waals surface area (Å²) in [5.41, 5.74) is 3.92. The van der Waals surface area contributed by atoms with Crippen molar-refractivity contribution in [3.8, 4) is 5.75 Å². The molecule has 1 nitrogen and oxygen atoms in total. The molecule has 0 aromatic heterocycles. The molecule has 0 spiro atoms. The molecule has 0 radical (unpaired) electrons. The molecule has 0 fully saturated rings.